The number of aryl methyl sites for hydroxylation is 1. The molecule has 2 aromatic rings. The summed E-state index contributed by atoms with van der Waals surface area (Å²) in [4.78, 5) is 8.49. The van der Waals surface area contributed by atoms with Crippen molar-refractivity contribution in [3.8, 4) is 5.75 Å². The van der Waals surface area contributed by atoms with Crippen molar-refractivity contribution < 1.29 is 4.74 Å². The third-order valence-electron chi connectivity index (χ3n) is 2.55. The molecular formula is C14H18N4O. The van der Waals surface area contributed by atoms with Crippen LogP contribution in [0.2, 0.25) is 0 Å². The maximum absolute atomic E-state index is 5.83. The molecule has 0 aliphatic heterocycles. The minimum Gasteiger partial charge on any atom is -0.494 e. The highest BCUT2D eigenvalue weighted by molar-refractivity contribution is 5.59. The summed E-state index contributed by atoms with van der Waals surface area (Å²) in [6, 6.07) is 5.59. The summed E-state index contributed by atoms with van der Waals surface area (Å²) in [7, 11) is 0. The Morgan fingerprint density at radius 3 is 2.74 bits per heavy atom. The highest BCUT2D eigenvalue weighted by Gasteiger charge is 2.01. The van der Waals surface area contributed by atoms with Crippen molar-refractivity contribution in [2.24, 2.45) is 0 Å². The van der Waals surface area contributed by atoms with E-state index >= 15 is 0 Å². The molecule has 100 valence electrons. The number of hydrogen-bond donors (Lipinski definition) is 2. The van der Waals surface area contributed by atoms with Crippen molar-refractivity contribution in [1.29, 1.82) is 0 Å². The third-order valence-corrected chi connectivity index (χ3v) is 2.55. The maximum atomic E-state index is 5.83. The molecule has 0 saturated carbocycles. The summed E-state index contributed by atoms with van der Waals surface area (Å²) in [5, 5.41) is 3.26. The quantitative estimate of drug-likeness (QED) is 0.805. The molecule has 0 unspecified atom stereocenters. The number of ether oxygens (including phenoxy) is 1. The zero-order valence-electron chi connectivity index (χ0n) is 11.2. The standard InChI is InChI=1S/C14H18N4O/c1-3-19-14-5-11(15)4-12(6-14)18-9-13-8-16-10(2)7-17-13/h4-8,18H,3,9,15H2,1-2H3. The number of benzene rings is 1. The van der Waals surface area contributed by atoms with E-state index in [1.807, 2.05) is 26.0 Å². The molecule has 1 aromatic carbocycles. The first kappa shape index (κ1) is 13.1. The van der Waals surface area contributed by atoms with Crippen LogP contribution in [-0.4, -0.2) is 16.6 Å². The first-order valence-corrected chi connectivity index (χ1v) is 6.22. The van der Waals surface area contributed by atoms with Gasteiger partial charge < -0.3 is 15.8 Å². The van der Waals surface area contributed by atoms with E-state index in [2.05, 4.69) is 15.3 Å². The van der Waals surface area contributed by atoms with Crippen molar-refractivity contribution >= 4 is 11.4 Å². The van der Waals surface area contributed by atoms with E-state index in [-0.39, 0.29) is 0 Å². The van der Waals surface area contributed by atoms with Crippen LogP contribution >= 0.6 is 0 Å². The topological polar surface area (TPSA) is 73.1 Å². The van der Waals surface area contributed by atoms with Gasteiger partial charge in [0.05, 0.1) is 30.7 Å². The molecule has 1 aromatic heterocycles. The number of aromatic nitrogens is 2. The Hall–Kier alpha value is -2.30. The van der Waals surface area contributed by atoms with Crippen LogP contribution in [0.1, 0.15) is 18.3 Å². The first-order valence-electron chi connectivity index (χ1n) is 6.22. The molecule has 0 saturated heterocycles. The van der Waals surface area contributed by atoms with Crippen molar-refractivity contribution in [3.05, 3.63) is 42.0 Å². The summed E-state index contributed by atoms with van der Waals surface area (Å²) < 4.78 is 5.45. The summed E-state index contributed by atoms with van der Waals surface area (Å²) in [5.74, 6) is 0.764. The number of nitrogens with one attached hydrogen (secondary N) is 1. The van der Waals surface area contributed by atoms with Gasteiger partial charge in [-0.1, -0.05) is 0 Å². The Morgan fingerprint density at radius 2 is 2.05 bits per heavy atom. The van der Waals surface area contributed by atoms with Crippen molar-refractivity contribution in [3.63, 3.8) is 0 Å². The van der Waals surface area contributed by atoms with Crippen LogP contribution in [0.4, 0.5) is 11.4 Å². The smallest absolute Gasteiger partial charge is 0.123 e. The van der Waals surface area contributed by atoms with Gasteiger partial charge in [-0.05, 0) is 19.9 Å². The lowest BCUT2D eigenvalue weighted by atomic mass is 10.2. The lowest BCUT2D eigenvalue weighted by Gasteiger charge is -2.10. The summed E-state index contributed by atoms with van der Waals surface area (Å²) in [6.45, 7) is 5.07. The molecule has 0 aliphatic rings. The average molecular weight is 258 g/mol. The van der Waals surface area contributed by atoms with E-state index in [4.69, 9.17) is 10.5 Å². The summed E-state index contributed by atoms with van der Waals surface area (Å²) >= 11 is 0. The van der Waals surface area contributed by atoms with Gasteiger partial charge >= 0.3 is 0 Å². The minimum absolute atomic E-state index is 0.600. The normalized spacial score (nSPS) is 10.2. The second-order valence-corrected chi connectivity index (χ2v) is 4.23. The molecule has 1 heterocycles. The Labute approximate surface area is 112 Å². The third kappa shape index (κ3) is 3.84. The molecule has 0 spiro atoms. The molecule has 0 amide bonds. The first-order chi connectivity index (χ1) is 9.17. The number of anilines is 2. The van der Waals surface area contributed by atoms with Gasteiger partial charge in [-0.15, -0.1) is 0 Å². The number of nitrogens with two attached hydrogens (primary N) is 1. The van der Waals surface area contributed by atoms with Crippen LogP contribution in [-0.2, 0) is 6.54 Å². The van der Waals surface area contributed by atoms with Crippen LogP contribution in [0.5, 0.6) is 5.75 Å². The summed E-state index contributed by atoms with van der Waals surface area (Å²) in [6.07, 6.45) is 3.51. The molecule has 0 radical (unpaired) electrons. The second-order valence-electron chi connectivity index (χ2n) is 4.23. The lowest BCUT2D eigenvalue weighted by Crippen LogP contribution is -2.03. The van der Waals surface area contributed by atoms with Gasteiger partial charge in [0.2, 0.25) is 0 Å². The predicted molar refractivity (Wildman–Crippen MR) is 76.1 cm³/mol. The van der Waals surface area contributed by atoms with Gasteiger partial charge in [-0.25, -0.2) is 0 Å². The molecule has 0 atom stereocenters. The van der Waals surface area contributed by atoms with Crippen molar-refractivity contribution in [2.75, 3.05) is 17.7 Å². The van der Waals surface area contributed by atoms with Gasteiger partial charge in [0.25, 0.3) is 0 Å². The number of nitrogen functional groups attached to an aromatic ring is 1. The van der Waals surface area contributed by atoms with E-state index in [0.717, 1.165) is 22.8 Å². The highest BCUT2D eigenvalue weighted by atomic mass is 16.5. The van der Waals surface area contributed by atoms with Gasteiger partial charge in [0.1, 0.15) is 5.75 Å². The van der Waals surface area contributed by atoms with E-state index < -0.39 is 0 Å². The highest BCUT2D eigenvalue weighted by Crippen LogP contribution is 2.22. The zero-order chi connectivity index (χ0) is 13.7. The monoisotopic (exact) mass is 258 g/mol. The maximum Gasteiger partial charge on any atom is 0.123 e. The second kappa shape index (κ2) is 6.04. The fourth-order valence-corrected chi connectivity index (χ4v) is 1.68. The molecular weight excluding hydrogens is 240 g/mol. The van der Waals surface area contributed by atoms with Crippen molar-refractivity contribution in [1.82, 2.24) is 9.97 Å². The molecule has 0 fully saturated rings. The number of hydrogen-bond acceptors (Lipinski definition) is 5. The largest absolute Gasteiger partial charge is 0.494 e. The fourth-order valence-electron chi connectivity index (χ4n) is 1.68. The Kier molecular flexibility index (Phi) is 4.18. The van der Waals surface area contributed by atoms with E-state index in [0.29, 0.717) is 18.8 Å². The van der Waals surface area contributed by atoms with E-state index in [9.17, 15) is 0 Å². The molecule has 3 N–H and O–H groups in total. The van der Waals surface area contributed by atoms with Crippen LogP contribution < -0.4 is 15.8 Å². The number of nitrogens with zero attached hydrogens (tertiary/aromatic N) is 2. The van der Waals surface area contributed by atoms with Crippen LogP contribution in [0.25, 0.3) is 0 Å². The van der Waals surface area contributed by atoms with Gasteiger partial charge in [0.15, 0.2) is 0 Å². The van der Waals surface area contributed by atoms with Gasteiger partial charge in [-0.2, -0.15) is 0 Å². The van der Waals surface area contributed by atoms with Gasteiger partial charge in [-0.3, -0.25) is 9.97 Å². The minimum atomic E-state index is 0.600. The molecule has 5 heteroatoms. The van der Waals surface area contributed by atoms with Crippen molar-refractivity contribution in [2.45, 2.75) is 20.4 Å². The SMILES string of the molecule is CCOc1cc(N)cc(NCc2cnc(C)cn2)c1. The zero-order valence-corrected chi connectivity index (χ0v) is 11.2. The Bertz CT molecular complexity index is 540. The Balaban J connectivity index is 2.04. The average Bonchev–Trinajstić information content (AvgIpc) is 2.38. The van der Waals surface area contributed by atoms with Crippen LogP contribution in [0.15, 0.2) is 30.6 Å². The molecule has 19 heavy (non-hydrogen) atoms. The lowest BCUT2D eigenvalue weighted by molar-refractivity contribution is 0.340. The molecule has 2 rings (SSSR count). The molecule has 0 aliphatic carbocycles. The summed E-state index contributed by atoms with van der Waals surface area (Å²) in [5.41, 5.74) is 9.20. The van der Waals surface area contributed by atoms with Crippen LogP contribution in [0, 0.1) is 6.92 Å². The van der Waals surface area contributed by atoms with E-state index in [1.54, 1.807) is 18.5 Å². The van der Waals surface area contributed by atoms with Crippen LogP contribution in [0.3, 0.4) is 0 Å². The number of rotatable bonds is 5. The van der Waals surface area contributed by atoms with E-state index in [1.165, 1.54) is 0 Å². The molecule has 0 bridgehead atoms. The molecule has 5 nitrogen and oxygen atoms in total. The van der Waals surface area contributed by atoms with Gasteiger partial charge in [0, 0.05) is 29.7 Å². The Morgan fingerprint density at radius 1 is 1.21 bits per heavy atom. The predicted octanol–water partition coefficient (Wildman–Crippen LogP) is 2.38. The fraction of sp³-hybridized carbons (Fsp3) is 0.286.